The molecule has 0 saturated heterocycles. The Balaban J connectivity index is 1.54. The van der Waals surface area contributed by atoms with Crippen molar-refractivity contribution in [2.75, 3.05) is 7.05 Å². The molecule has 4 heterocycles. The highest BCUT2D eigenvalue weighted by Gasteiger charge is 2.19. The van der Waals surface area contributed by atoms with E-state index in [1.165, 1.54) is 27.6 Å². The second-order valence-corrected chi connectivity index (χ2v) is 7.23. The van der Waals surface area contributed by atoms with Crippen molar-refractivity contribution in [1.82, 2.24) is 20.0 Å². The van der Waals surface area contributed by atoms with Gasteiger partial charge in [-0.1, -0.05) is 11.2 Å². The number of hydrogen-bond acceptors (Lipinski definition) is 7. The van der Waals surface area contributed by atoms with Crippen molar-refractivity contribution >= 4 is 38.8 Å². The van der Waals surface area contributed by atoms with Gasteiger partial charge in [0.05, 0.1) is 16.9 Å². The lowest BCUT2D eigenvalue weighted by Crippen LogP contribution is -2.28. The number of carbonyl (C=O) groups excluding carboxylic acids is 1. The molecule has 0 unspecified atom stereocenters. The Morgan fingerprint density at radius 2 is 2.20 bits per heavy atom. The minimum Gasteiger partial charge on any atom is -0.355 e. The van der Waals surface area contributed by atoms with Crippen molar-refractivity contribution in [1.29, 1.82) is 0 Å². The molecule has 0 spiro atoms. The van der Waals surface area contributed by atoms with Gasteiger partial charge in [-0.15, -0.1) is 22.7 Å². The average Bonchev–Trinajstić information content (AvgIpc) is 3.33. The number of hydrogen-bond donors (Lipinski definition) is 1. The van der Waals surface area contributed by atoms with E-state index in [-0.39, 0.29) is 23.7 Å². The van der Waals surface area contributed by atoms with Crippen molar-refractivity contribution in [2.45, 2.75) is 6.54 Å². The fourth-order valence-corrected chi connectivity index (χ4v) is 3.80. The van der Waals surface area contributed by atoms with Crippen molar-refractivity contribution in [2.24, 2.45) is 0 Å². The molecule has 1 amide bonds. The Kier molecular flexibility index (Phi) is 3.94. The third-order valence-corrected chi connectivity index (χ3v) is 5.38. The van der Waals surface area contributed by atoms with Crippen LogP contribution in [-0.2, 0) is 6.54 Å². The van der Waals surface area contributed by atoms with Crippen LogP contribution >= 0.6 is 22.7 Å². The van der Waals surface area contributed by atoms with Gasteiger partial charge < -0.3 is 14.4 Å². The molecule has 1 N–H and O–H groups in total. The number of thiophene rings is 2. The normalized spacial score (nSPS) is 11.1. The van der Waals surface area contributed by atoms with Crippen LogP contribution in [0.25, 0.3) is 20.9 Å². The number of amides is 1. The monoisotopic (exact) mass is 372 g/mol. The predicted octanol–water partition coefficient (Wildman–Crippen LogP) is 2.97. The van der Waals surface area contributed by atoms with Gasteiger partial charge >= 0.3 is 0 Å². The van der Waals surface area contributed by atoms with E-state index in [1.807, 2.05) is 22.9 Å². The molecule has 0 atom stereocenters. The van der Waals surface area contributed by atoms with Crippen LogP contribution in [0.2, 0.25) is 0 Å². The SMILES string of the molecule is CN(Cc1nc2ccsc2c(=O)[nH]1)C(=O)c1cc(-c2cccs2)on1. The standard InChI is InChI=1S/C16H12N4O3S2/c1-20(8-13-17-9-4-6-25-14(9)15(21)18-13)16(22)10-7-11(23-19-10)12-3-2-5-24-12/h2-7H,8H2,1H3,(H,17,18,21). The van der Waals surface area contributed by atoms with Crippen LogP contribution in [0.1, 0.15) is 16.3 Å². The summed E-state index contributed by atoms with van der Waals surface area (Å²) < 4.78 is 5.82. The lowest BCUT2D eigenvalue weighted by molar-refractivity contribution is 0.0771. The molecule has 4 rings (SSSR count). The van der Waals surface area contributed by atoms with Crippen LogP contribution in [0.5, 0.6) is 0 Å². The van der Waals surface area contributed by atoms with Gasteiger partial charge in [0, 0.05) is 13.1 Å². The molecule has 0 aromatic carbocycles. The fourth-order valence-electron chi connectivity index (χ4n) is 2.40. The lowest BCUT2D eigenvalue weighted by atomic mass is 10.3. The Morgan fingerprint density at radius 3 is 3.00 bits per heavy atom. The molecule has 25 heavy (non-hydrogen) atoms. The van der Waals surface area contributed by atoms with Crippen molar-refractivity contribution in [3.63, 3.8) is 0 Å². The molecule has 0 radical (unpaired) electrons. The smallest absolute Gasteiger partial charge is 0.276 e. The fraction of sp³-hybridized carbons (Fsp3) is 0.125. The highest BCUT2D eigenvalue weighted by atomic mass is 32.1. The highest BCUT2D eigenvalue weighted by molar-refractivity contribution is 7.17. The first-order chi connectivity index (χ1) is 12.1. The van der Waals surface area contributed by atoms with Gasteiger partial charge in [-0.25, -0.2) is 4.98 Å². The summed E-state index contributed by atoms with van der Waals surface area (Å²) in [6.45, 7) is 0.168. The molecular weight excluding hydrogens is 360 g/mol. The van der Waals surface area contributed by atoms with E-state index in [2.05, 4.69) is 15.1 Å². The summed E-state index contributed by atoms with van der Waals surface area (Å²) in [6.07, 6.45) is 0. The van der Waals surface area contributed by atoms with Crippen molar-refractivity contribution in [3.05, 3.63) is 56.9 Å². The number of rotatable bonds is 4. The van der Waals surface area contributed by atoms with E-state index >= 15 is 0 Å². The molecular formula is C16H12N4O3S2. The minimum absolute atomic E-state index is 0.168. The van der Waals surface area contributed by atoms with E-state index in [4.69, 9.17) is 4.52 Å². The average molecular weight is 372 g/mol. The van der Waals surface area contributed by atoms with E-state index in [1.54, 1.807) is 19.2 Å². The van der Waals surface area contributed by atoms with E-state index in [9.17, 15) is 9.59 Å². The number of carbonyl (C=O) groups is 1. The predicted molar refractivity (Wildman–Crippen MR) is 95.9 cm³/mol. The first-order valence-electron chi connectivity index (χ1n) is 7.34. The second kappa shape index (κ2) is 6.26. The van der Waals surface area contributed by atoms with E-state index < -0.39 is 0 Å². The van der Waals surface area contributed by atoms with Crippen LogP contribution in [0.15, 0.2) is 44.3 Å². The number of aromatic amines is 1. The number of nitrogens with zero attached hydrogens (tertiary/aromatic N) is 3. The molecule has 4 aromatic rings. The minimum atomic E-state index is -0.306. The molecule has 0 saturated carbocycles. The Bertz CT molecular complexity index is 1090. The third kappa shape index (κ3) is 2.99. The number of aromatic nitrogens is 3. The van der Waals surface area contributed by atoms with Crippen LogP contribution < -0.4 is 5.56 Å². The zero-order valence-corrected chi connectivity index (χ0v) is 14.7. The van der Waals surface area contributed by atoms with Gasteiger partial charge in [0.15, 0.2) is 11.5 Å². The summed E-state index contributed by atoms with van der Waals surface area (Å²) in [5, 5.41) is 7.58. The zero-order valence-electron chi connectivity index (χ0n) is 13.1. The van der Waals surface area contributed by atoms with Gasteiger partial charge in [-0.3, -0.25) is 9.59 Å². The summed E-state index contributed by atoms with van der Waals surface area (Å²) in [4.78, 5) is 33.9. The topological polar surface area (TPSA) is 92.1 Å². The van der Waals surface area contributed by atoms with Crippen LogP contribution in [0, 0.1) is 0 Å². The molecule has 9 heteroatoms. The molecule has 0 aliphatic heterocycles. The molecule has 126 valence electrons. The lowest BCUT2D eigenvalue weighted by Gasteiger charge is -2.14. The maximum Gasteiger partial charge on any atom is 0.276 e. The number of fused-ring (bicyclic) bond motifs is 1. The number of nitrogens with one attached hydrogen (secondary N) is 1. The van der Waals surface area contributed by atoms with Crippen molar-refractivity contribution < 1.29 is 9.32 Å². The quantitative estimate of drug-likeness (QED) is 0.594. The van der Waals surface area contributed by atoms with Gasteiger partial charge in [0.1, 0.15) is 10.5 Å². The maximum absolute atomic E-state index is 12.5. The Morgan fingerprint density at radius 1 is 1.32 bits per heavy atom. The summed E-state index contributed by atoms with van der Waals surface area (Å²) in [7, 11) is 1.62. The van der Waals surface area contributed by atoms with Gasteiger partial charge in [-0.2, -0.15) is 0 Å². The molecule has 0 bridgehead atoms. The first-order valence-corrected chi connectivity index (χ1v) is 9.10. The number of H-pyrrole nitrogens is 1. The molecule has 0 fully saturated rings. The molecule has 0 aliphatic carbocycles. The highest BCUT2D eigenvalue weighted by Crippen LogP contribution is 2.25. The Labute approximate surface area is 149 Å². The zero-order chi connectivity index (χ0) is 17.4. The van der Waals surface area contributed by atoms with E-state index in [0.29, 0.717) is 21.8 Å². The largest absolute Gasteiger partial charge is 0.355 e. The molecule has 4 aromatic heterocycles. The summed E-state index contributed by atoms with van der Waals surface area (Å²) in [5.74, 6) is 0.673. The van der Waals surface area contributed by atoms with Crippen molar-refractivity contribution in [3.8, 4) is 10.6 Å². The summed E-state index contributed by atoms with van der Waals surface area (Å²) in [6, 6.07) is 7.20. The maximum atomic E-state index is 12.5. The van der Waals surface area contributed by atoms with E-state index in [0.717, 1.165) is 4.88 Å². The van der Waals surface area contributed by atoms with Crippen LogP contribution in [0.3, 0.4) is 0 Å². The van der Waals surface area contributed by atoms with Gasteiger partial charge in [-0.05, 0) is 22.9 Å². The summed E-state index contributed by atoms with van der Waals surface area (Å²) in [5.41, 5.74) is 0.646. The van der Waals surface area contributed by atoms with Gasteiger partial charge in [0.25, 0.3) is 11.5 Å². The summed E-state index contributed by atoms with van der Waals surface area (Å²) >= 11 is 2.85. The molecule has 0 aliphatic rings. The Hall–Kier alpha value is -2.78. The van der Waals surface area contributed by atoms with Gasteiger partial charge in [0.2, 0.25) is 0 Å². The third-order valence-electron chi connectivity index (χ3n) is 3.59. The molecule has 7 nitrogen and oxygen atoms in total. The van der Waals surface area contributed by atoms with Crippen LogP contribution in [0.4, 0.5) is 0 Å². The first kappa shape index (κ1) is 15.7. The second-order valence-electron chi connectivity index (χ2n) is 5.36. The van der Waals surface area contributed by atoms with Crippen LogP contribution in [-0.4, -0.2) is 33.0 Å².